The van der Waals surface area contributed by atoms with Gasteiger partial charge >= 0.3 is 0 Å². The highest BCUT2D eigenvalue weighted by molar-refractivity contribution is 5.27. The molecular weight excluding hydrogens is 174 g/mol. The first kappa shape index (κ1) is 11.0. The fourth-order valence-corrected chi connectivity index (χ4v) is 1.19. The normalized spacial score (nSPS) is 11.1. The molecule has 0 amide bonds. The second-order valence-corrected chi connectivity index (χ2v) is 4.18. The summed E-state index contributed by atoms with van der Waals surface area (Å²) in [6.45, 7) is 10.3. The first-order valence-electron chi connectivity index (χ1n) is 5.15. The third-order valence-electron chi connectivity index (χ3n) is 2.01. The van der Waals surface area contributed by atoms with Gasteiger partial charge in [0.2, 0.25) is 5.88 Å². The van der Waals surface area contributed by atoms with Crippen molar-refractivity contribution in [1.29, 1.82) is 0 Å². The van der Waals surface area contributed by atoms with Crippen LogP contribution in [0.3, 0.4) is 0 Å². The summed E-state index contributed by atoms with van der Waals surface area (Å²) in [5, 5.41) is 0. The van der Waals surface area contributed by atoms with E-state index < -0.39 is 0 Å². The standard InChI is InChI=1S/C12H19NO/c1-8(2)11-7-6-10(5)12(13-11)14-9(3)4/h6-9H,1-5H3. The van der Waals surface area contributed by atoms with E-state index in [0.29, 0.717) is 5.92 Å². The third-order valence-corrected chi connectivity index (χ3v) is 2.01. The van der Waals surface area contributed by atoms with Crippen LogP contribution in [-0.4, -0.2) is 11.1 Å². The maximum absolute atomic E-state index is 5.62. The molecule has 0 saturated carbocycles. The maximum atomic E-state index is 5.62. The number of aryl methyl sites for hydroxylation is 1. The predicted octanol–water partition coefficient (Wildman–Crippen LogP) is 3.30. The average Bonchev–Trinajstić information content (AvgIpc) is 2.07. The van der Waals surface area contributed by atoms with Crippen molar-refractivity contribution in [1.82, 2.24) is 4.98 Å². The van der Waals surface area contributed by atoms with Crippen molar-refractivity contribution in [2.75, 3.05) is 0 Å². The van der Waals surface area contributed by atoms with Crippen molar-refractivity contribution in [2.45, 2.75) is 46.6 Å². The lowest BCUT2D eigenvalue weighted by molar-refractivity contribution is 0.230. The second-order valence-electron chi connectivity index (χ2n) is 4.18. The lowest BCUT2D eigenvalue weighted by atomic mass is 10.1. The zero-order chi connectivity index (χ0) is 10.7. The van der Waals surface area contributed by atoms with E-state index in [0.717, 1.165) is 17.1 Å². The number of nitrogens with zero attached hydrogens (tertiary/aromatic N) is 1. The molecular formula is C12H19NO. The maximum Gasteiger partial charge on any atom is 0.216 e. The quantitative estimate of drug-likeness (QED) is 0.734. The van der Waals surface area contributed by atoms with Crippen molar-refractivity contribution in [3.8, 4) is 5.88 Å². The van der Waals surface area contributed by atoms with Crippen LogP contribution in [0.15, 0.2) is 12.1 Å². The Kier molecular flexibility index (Phi) is 3.50. The number of pyridine rings is 1. The Hall–Kier alpha value is -1.05. The predicted molar refractivity (Wildman–Crippen MR) is 58.8 cm³/mol. The average molecular weight is 193 g/mol. The van der Waals surface area contributed by atoms with Crippen LogP contribution < -0.4 is 4.74 Å². The van der Waals surface area contributed by atoms with Crippen LogP contribution in [-0.2, 0) is 0 Å². The first-order chi connectivity index (χ1) is 6.50. The Labute approximate surface area is 86.3 Å². The zero-order valence-electron chi connectivity index (χ0n) is 9.66. The van der Waals surface area contributed by atoms with Gasteiger partial charge in [0.05, 0.1) is 6.10 Å². The summed E-state index contributed by atoms with van der Waals surface area (Å²) >= 11 is 0. The van der Waals surface area contributed by atoms with E-state index in [4.69, 9.17) is 4.74 Å². The van der Waals surface area contributed by atoms with Gasteiger partial charge in [-0.05, 0) is 32.8 Å². The van der Waals surface area contributed by atoms with Crippen molar-refractivity contribution in [3.63, 3.8) is 0 Å². The van der Waals surface area contributed by atoms with E-state index >= 15 is 0 Å². The summed E-state index contributed by atoms with van der Waals surface area (Å²) in [4.78, 5) is 4.49. The summed E-state index contributed by atoms with van der Waals surface area (Å²) in [5.41, 5.74) is 2.19. The van der Waals surface area contributed by atoms with Crippen LogP contribution in [0.25, 0.3) is 0 Å². The SMILES string of the molecule is Cc1ccc(C(C)C)nc1OC(C)C. The molecule has 0 saturated heterocycles. The van der Waals surface area contributed by atoms with E-state index in [-0.39, 0.29) is 6.10 Å². The van der Waals surface area contributed by atoms with Crippen molar-refractivity contribution in [2.24, 2.45) is 0 Å². The van der Waals surface area contributed by atoms with Gasteiger partial charge in [-0.1, -0.05) is 19.9 Å². The summed E-state index contributed by atoms with van der Waals surface area (Å²) < 4.78 is 5.62. The van der Waals surface area contributed by atoms with Crippen LogP contribution in [0.2, 0.25) is 0 Å². The fourth-order valence-electron chi connectivity index (χ4n) is 1.19. The van der Waals surface area contributed by atoms with Crippen LogP contribution >= 0.6 is 0 Å². The minimum Gasteiger partial charge on any atom is -0.475 e. The summed E-state index contributed by atoms with van der Waals surface area (Å²) in [7, 11) is 0. The first-order valence-corrected chi connectivity index (χ1v) is 5.15. The van der Waals surface area contributed by atoms with Crippen LogP contribution in [0, 0.1) is 6.92 Å². The number of hydrogen-bond acceptors (Lipinski definition) is 2. The van der Waals surface area contributed by atoms with Crippen LogP contribution in [0.1, 0.15) is 44.9 Å². The van der Waals surface area contributed by atoms with Gasteiger partial charge in [0.1, 0.15) is 0 Å². The number of rotatable bonds is 3. The van der Waals surface area contributed by atoms with E-state index in [9.17, 15) is 0 Å². The van der Waals surface area contributed by atoms with Crippen molar-refractivity contribution < 1.29 is 4.74 Å². The molecule has 1 heterocycles. The monoisotopic (exact) mass is 193 g/mol. The van der Waals surface area contributed by atoms with Gasteiger partial charge in [-0.15, -0.1) is 0 Å². The van der Waals surface area contributed by atoms with Crippen molar-refractivity contribution in [3.05, 3.63) is 23.4 Å². The van der Waals surface area contributed by atoms with E-state index in [1.165, 1.54) is 0 Å². The van der Waals surface area contributed by atoms with Gasteiger partial charge < -0.3 is 4.74 Å². The molecule has 1 aromatic heterocycles. The van der Waals surface area contributed by atoms with Crippen LogP contribution in [0.5, 0.6) is 5.88 Å². The molecule has 0 spiro atoms. The van der Waals surface area contributed by atoms with Gasteiger partial charge in [0.15, 0.2) is 0 Å². The van der Waals surface area contributed by atoms with E-state index in [1.807, 2.05) is 20.8 Å². The molecule has 0 aromatic carbocycles. The summed E-state index contributed by atoms with van der Waals surface area (Å²) in [6, 6.07) is 4.13. The van der Waals surface area contributed by atoms with Gasteiger partial charge in [-0.25, -0.2) is 4.98 Å². The van der Waals surface area contributed by atoms with Gasteiger partial charge in [-0.2, -0.15) is 0 Å². The Morgan fingerprint density at radius 2 is 1.79 bits per heavy atom. The largest absolute Gasteiger partial charge is 0.475 e. The lowest BCUT2D eigenvalue weighted by Gasteiger charge is -2.13. The Balaban J connectivity index is 2.96. The molecule has 0 unspecified atom stereocenters. The molecule has 14 heavy (non-hydrogen) atoms. The van der Waals surface area contributed by atoms with Crippen LogP contribution in [0.4, 0.5) is 0 Å². The van der Waals surface area contributed by atoms with E-state index in [1.54, 1.807) is 0 Å². The highest BCUT2D eigenvalue weighted by atomic mass is 16.5. The molecule has 0 radical (unpaired) electrons. The fraction of sp³-hybridized carbons (Fsp3) is 0.583. The number of ether oxygens (including phenoxy) is 1. The molecule has 78 valence electrons. The molecule has 2 nitrogen and oxygen atoms in total. The third kappa shape index (κ3) is 2.72. The van der Waals surface area contributed by atoms with Gasteiger partial charge in [0.25, 0.3) is 0 Å². The Bertz CT molecular complexity index is 305. The molecule has 0 fully saturated rings. The molecule has 0 aliphatic carbocycles. The molecule has 0 aliphatic rings. The van der Waals surface area contributed by atoms with Crippen molar-refractivity contribution >= 4 is 0 Å². The van der Waals surface area contributed by atoms with Gasteiger partial charge in [0, 0.05) is 11.3 Å². The molecule has 0 N–H and O–H groups in total. The highest BCUT2D eigenvalue weighted by Crippen LogP contribution is 2.20. The smallest absolute Gasteiger partial charge is 0.216 e. The topological polar surface area (TPSA) is 22.1 Å². The molecule has 1 rings (SSSR count). The van der Waals surface area contributed by atoms with Gasteiger partial charge in [-0.3, -0.25) is 0 Å². The molecule has 0 aliphatic heterocycles. The number of aromatic nitrogens is 1. The minimum absolute atomic E-state index is 0.184. The molecule has 0 bridgehead atoms. The lowest BCUT2D eigenvalue weighted by Crippen LogP contribution is -2.09. The molecule has 2 heteroatoms. The zero-order valence-corrected chi connectivity index (χ0v) is 9.66. The number of hydrogen-bond donors (Lipinski definition) is 0. The minimum atomic E-state index is 0.184. The summed E-state index contributed by atoms with van der Waals surface area (Å²) in [6.07, 6.45) is 0.184. The molecule has 1 aromatic rings. The highest BCUT2D eigenvalue weighted by Gasteiger charge is 2.07. The summed E-state index contributed by atoms with van der Waals surface area (Å²) in [5.74, 6) is 1.22. The second kappa shape index (κ2) is 4.45. The molecule has 0 atom stereocenters. The van der Waals surface area contributed by atoms with E-state index in [2.05, 4.69) is 31.0 Å². The Morgan fingerprint density at radius 1 is 1.14 bits per heavy atom. The Morgan fingerprint density at radius 3 is 2.29 bits per heavy atom.